The molecule has 2 aromatic rings. The molecule has 0 saturated carbocycles. The summed E-state index contributed by atoms with van der Waals surface area (Å²) >= 11 is 0. The van der Waals surface area contributed by atoms with Gasteiger partial charge in [-0.05, 0) is 31.5 Å². The van der Waals surface area contributed by atoms with Crippen molar-refractivity contribution in [2.75, 3.05) is 18.5 Å². The molecular formula is C20H22N6O3. The van der Waals surface area contributed by atoms with Crippen LogP contribution in [0.1, 0.15) is 24.8 Å². The Labute approximate surface area is 167 Å². The van der Waals surface area contributed by atoms with Crippen LogP contribution in [0.5, 0.6) is 0 Å². The van der Waals surface area contributed by atoms with Crippen molar-refractivity contribution in [3.63, 3.8) is 0 Å². The second kappa shape index (κ2) is 7.88. The number of aliphatic imine (C=N–C) groups is 1. The number of hydrogen-bond acceptors (Lipinski definition) is 7. The van der Waals surface area contributed by atoms with E-state index in [1.165, 1.54) is 12.1 Å². The average Bonchev–Trinajstić information content (AvgIpc) is 2.99. The number of nitrogens with zero attached hydrogens (tertiary/aromatic N) is 3. The third-order valence-corrected chi connectivity index (χ3v) is 5.12. The first-order valence-electron chi connectivity index (χ1n) is 9.59. The first-order chi connectivity index (χ1) is 14.1. The number of benzene rings is 2. The van der Waals surface area contributed by atoms with Crippen molar-refractivity contribution in [2.24, 2.45) is 4.99 Å². The number of nitro benzene ring substituents is 1. The Bertz CT molecular complexity index is 931. The van der Waals surface area contributed by atoms with Crippen molar-refractivity contribution in [3.05, 3.63) is 70.3 Å². The molecule has 0 radical (unpaired) electrons. The molecular weight excluding hydrogens is 372 g/mol. The Kier molecular flexibility index (Phi) is 5.13. The van der Waals surface area contributed by atoms with Gasteiger partial charge in [-0.2, -0.15) is 0 Å². The van der Waals surface area contributed by atoms with Gasteiger partial charge in [0, 0.05) is 24.2 Å². The summed E-state index contributed by atoms with van der Waals surface area (Å²) in [4.78, 5) is 30.0. The van der Waals surface area contributed by atoms with Crippen molar-refractivity contribution in [1.82, 2.24) is 15.6 Å². The van der Waals surface area contributed by atoms with E-state index in [1.54, 1.807) is 17.0 Å². The topological polar surface area (TPSA) is 112 Å². The van der Waals surface area contributed by atoms with Gasteiger partial charge in [0.05, 0.1) is 10.6 Å². The van der Waals surface area contributed by atoms with Crippen molar-refractivity contribution in [2.45, 2.75) is 25.0 Å². The highest BCUT2D eigenvalue weighted by atomic mass is 16.6. The number of carbonyl (C=O) groups excluding carboxylic acids is 1. The zero-order valence-corrected chi connectivity index (χ0v) is 15.8. The maximum absolute atomic E-state index is 13.1. The Hall–Kier alpha value is -3.46. The minimum Gasteiger partial charge on any atom is -0.299 e. The van der Waals surface area contributed by atoms with Crippen molar-refractivity contribution >= 4 is 23.1 Å². The summed E-state index contributed by atoms with van der Waals surface area (Å²) in [6.45, 7) is 1.36. The molecule has 2 aliphatic rings. The Morgan fingerprint density at radius 2 is 1.79 bits per heavy atom. The zero-order chi connectivity index (χ0) is 20.3. The molecule has 1 amide bonds. The normalized spacial score (nSPS) is 21.6. The van der Waals surface area contributed by atoms with E-state index in [1.807, 2.05) is 30.3 Å². The molecule has 1 fully saturated rings. The number of amidine groups is 1. The SMILES string of the molecule is O=C1C(NNc2ccc([N+](=O)[O-])cc2)=NC2(c3ccccc3)NCCCCCN12. The second-order valence-corrected chi connectivity index (χ2v) is 7.00. The standard InChI is InChI=1S/C20H22N6O3/c27-19-18(24-23-16-9-11-17(12-10-16)26(28)29)22-20(15-7-3-1-4-8-15)21-13-5-2-6-14-25(19)20/h1,3-4,7-12,21,23H,2,5-6,13-14H2,(H,22,24). The number of carbonyl (C=O) groups is 1. The van der Waals surface area contributed by atoms with Gasteiger partial charge < -0.3 is 0 Å². The highest BCUT2D eigenvalue weighted by molar-refractivity contribution is 6.39. The van der Waals surface area contributed by atoms with Gasteiger partial charge in [-0.25, -0.2) is 4.99 Å². The molecule has 0 aliphatic carbocycles. The minimum atomic E-state index is -0.932. The molecule has 1 unspecified atom stereocenters. The van der Waals surface area contributed by atoms with Crippen LogP contribution in [0, 0.1) is 10.1 Å². The number of nitro groups is 1. The number of non-ortho nitro benzene ring substituents is 1. The van der Waals surface area contributed by atoms with E-state index in [4.69, 9.17) is 4.99 Å². The Morgan fingerprint density at radius 1 is 1.03 bits per heavy atom. The average molecular weight is 394 g/mol. The molecule has 0 aromatic heterocycles. The molecule has 0 spiro atoms. The third-order valence-electron chi connectivity index (χ3n) is 5.12. The van der Waals surface area contributed by atoms with Crippen LogP contribution < -0.4 is 16.2 Å². The maximum atomic E-state index is 13.1. The van der Waals surface area contributed by atoms with E-state index in [0.29, 0.717) is 12.2 Å². The quantitative estimate of drug-likeness (QED) is 0.542. The minimum absolute atomic E-state index is 0.00157. The highest BCUT2D eigenvalue weighted by Crippen LogP contribution is 2.33. The molecule has 9 nitrogen and oxygen atoms in total. The zero-order valence-electron chi connectivity index (χ0n) is 15.8. The third kappa shape index (κ3) is 3.64. The summed E-state index contributed by atoms with van der Waals surface area (Å²) in [6.07, 6.45) is 2.99. The number of anilines is 1. The molecule has 3 N–H and O–H groups in total. The lowest BCUT2D eigenvalue weighted by atomic mass is 10.0. The van der Waals surface area contributed by atoms with Gasteiger partial charge in [0.15, 0.2) is 0 Å². The Balaban J connectivity index is 1.60. The lowest BCUT2D eigenvalue weighted by Crippen LogP contribution is -2.55. The first kappa shape index (κ1) is 18.9. The van der Waals surface area contributed by atoms with Gasteiger partial charge in [0.1, 0.15) is 0 Å². The predicted octanol–water partition coefficient (Wildman–Crippen LogP) is 2.34. The number of hydrazine groups is 1. The first-order valence-corrected chi connectivity index (χ1v) is 9.59. The van der Waals surface area contributed by atoms with Gasteiger partial charge in [-0.1, -0.05) is 36.8 Å². The van der Waals surface area contributed by atoms with Crippen LogP contribution in [0.15, 0.2) is 59.6 Å². The molecule has 9 heteroatoms. The number of rotatable bonds is 4. The van der Waals surface area contributed by atoms with Crippen LogP contribution in [0.2, 0.25) is 0 Å². The van der Waals surface area contributed by atoms with E-state index in [0.717, 1.165) is 31.4 Å². The van der Waals surface area contributed by atoms with E-state index in [9.17, 15) is 14.9 Å². The summed E-state index contributed by atoms with van der Waals surface area (Å²) in [7, 11) is 0. The summed E-state index contributed by atoms with van der Waals surface area (Å²) in [6, 6.07) is 15.7. The number of hydrogen-bond donors (Lipinski definition) is 3. The molecule has 2 heterocycles. The summed E-state index contributed by atoms with van der Waals surface area (Å²) < 4.78 is 0. The summed E-state index contributed by atoms with van der Waals surface area (Å²) in [5.41, 5.74) is 7.30. The fraction of sp³-hybridized carbons (Fsp3) is 0.300. The largest absolute Gasteiger partial charge is 0.299 e. The van der Waals surface area contributed by atoms with Crippen LogP contribution in [0.4, 0.5) is 11.4 Å². The van der Waals surface area contributed by atoms with Gasteiger partial charge >= 0.3 is 0 Å². The smallest absolute Gasteiger partial charge is 0.294 e. The molecule has 2 aromatic carbocycles. The molecule has 29 heavy (non-hydrogen) atoms. The van der Waals surface area contributed by atoms with Gasteiger partial charge in [0.25, 0.3) is 11.6 Å². The van der Waals surface area contributed by atoms with Crippen molar-refractivity contribution in [3.8, 4) is 0 Å². The number of nitrogens with one attached hydrogen (secondary N) is 3. The van der Waals surface area contributed by atoms with Crippen molar-refractivity contribution in [1.29, 1.82) is 0 Å². The molecule has 0 bridgehead atoms. The van der Waals surface area contributed by atoms with Crippen LogP contribution in [-0.4, -0.2) is 34.7 Å². The number of fused-ring (bicyclic) bond motifs is 1. The summed E-state index contributed by atoms with van der Waals surface area (Å²) in [5.74, 6) is -0.933. The fourth-order valence-corrected chi connectivity index (χ4v) is 3.65. The van der Waals surface area contributed by atoms with Gasteiger partial charge in [0.2, 0.25) is 11.6 Å². The van der Waals surface area contributed by atoms with Crippen LogP contribution in [-0.2, 0) is 10.6 Å². The molecule has 4 rings (SSSR count). The lowest BCUT2D eigenvalue weighted by Gasteiger charge is -2.38. The summed E-state index contributed by atoms with van der Waals surface area (Å²) in [5, 5.41) is 14.3. The van der Waals surface area contributed by atoms with Gasteiger partial charge in [-0.3, -0.25) is 36.0 Å². The molecule has 150 valence electrons. The predicted molar refractivity (Wildman–Crippen MR) is 109 cm³/mol. The fourth-order valence-electron chi connectivity index (χ4n) is 3.65. The highest BCUT2D eigenvalue weighted by Gasteiger charge is 2.48. The van der Waals surface area contributed by atoms with E-state index in [-0.39, 0.29) is 17.4 Å². The van der Waals surface area contributed by atoms with E-state index >= 15 is 0 Å². The van der Waals surface area contributed by atoms with Crippen LogP contribution in [0.3, 0.4) is 0 Å². The van der Waals surface area contributed by atoms with E-state index < -0.39 is 10.7 Å². The monoisotopic (exact) mass is 394 g/mol. The lowest BCUT2D eigenvalue weighted by molar-refractivity contribution is -0.384. The molecule has 1 atom stereocenters. The molecule has 2 aliphatic heterocycles. The maximum Gasteiger partial charge on any atom is 0.294 e. The van der Waals surface area contributed by atoms with Gasteiger partial charge in [-0.15, -0.1) is 0 Å². The van der Waals surface area contributed by atoms with E-state index in [2.05, 4.69) is 16.2 Å². The van der Waals surface area contributed by atoms with Crippen molar-refractivity contribution < 1.29 is 9.72 Å². The van der Waals surface area contributed by atoms with Crippen LogP contribution in [0.25, 0.3) is 0 Å². The second-order valence-electron chi connectivity index (χ2n) is 7.00. The number of amides is 1. The Morgan fingerprint density at radius 3 is 2.52 bits per heavy atom. The van der Waals surface area contributed by atoms with Crippen LogP contribution >= 0.6 is 0 Å². The molecule has 1 saturated heterocycles.